The van der Waals surface area contributed by atoms with Gasteiger partial charge in [-0.05, 0) is 56.7 Å². The predicted molar refractivity (Wildman–Crippen MR) is 85.1 cm³/mol. The van der Waals surface area contributed by atoms with Crippen LogP contribution in [-0.4, -0.2) is 24.5 Å². The van der Waals surface area contributed by atoms with E-state index in [-0.39, 0.29) is 17.0 Å². The standard InChI is InChI=1S/C15H33N.BrH/c1-13(2)7-10-16(11-8-14(3)4)12-9-15(5)6;/h13-15H,7-12H2,1-6H3;1H. The third-order valence-electron chi connectivity index (χ3n) is 3.07. The third kappa shape index (κ3) is 14.4. The zero-order valence-electron chi connectivity index (χ0n) is 12.8. The maximum Gasteiger partial charge on any atom is -0.00163 e. The van der Waals surface area contributed by atoms with Gasteiger partial charge in [-0.25, -0.2) is 0 Å². The summed E-state index contributed by atoms with van der Waals surface area (Å²) in [6.07, 6.45) is 4.03. The first-order chi connectivity index (χ1) is 7.41. The molecule has 0 amide bonds. The molecule has 0 aliphatic heterocycles. The van der Waals surface area contributed by atoms with Crippen LogP contribution in [0.2, 0.25) is 0 Å². The maximum atomic E-state index is 2.67. The van der Waals surface area contributed by atoms with Gasteiger partial charge in [0.1, 0.15) is 0 Å². The van der Waals surface area contributed by atoms with E-state index in [4.69, 9.17) is 0 Å². The first-order valence-electron chi connectivity index (χ1n) is 7.14. The van der Waals surface area contributed by atoms with Crippen molar-refractivity contribution in [3.63, 3.8) is 0 Å². The van der Waals surface area contributed by atoms with Gasteiger partial charge in [0.25, 0.3) is 0 Å². The Morgan fingerprint density at radius 1 is 0.588 bits per heavy atom. The van der Waals surface area contributed by atoms with Crippen LogP contribution in [0.15, 0.2) is 0 Å². The summed E-state index contributed by atoms with van der Waals surface area (Å²) < 4.78 is 0. The van der Waals surface area contributed by atoms with Crippen molar-refractivity contribution >= 4 is 17.0 Å². The second kappa shape index (κ2) is 11.5. The summed E-state index contributed by atoms with van der Waals surface area (Å²) in [4.78, 5) is 2.67. The van der Waals surface area contributed by atoms with Crippen LogP contribution in [0.3, 0.4) is 0 Å². The number of rotatable bonds is 9. The summed E-state index contributed by atoms with van der Waals surface area (Å²) in [5.41, 5.74) is 0. The lowest BCUT2D eigenvalue weighted by atomic mass is 10.1. The van der Waals surface area contributed by atoms with Crippen molar-refractivity contribution < 1.29 is 0 Å². The van der Waals surface area contributed by atoms with Gasteiger partial charge in [-0.1, -0.05) is 41.5 Å². The van der Waals surface area contributed by atoms with Gasteiger partial charge >= 0.3 is 0 Å². The van der Waals surface area contributed by atoms with Crippen LogP contribution in [0.1, 0.15) is 60.8 Å². The van der Waals surface area contributed by atoms with Gasteiger partial charge < -0.3 is 4.90 Å². The molecule has 0 fully saturated rings. The van der Waals surface area contributed by atoms with Crippen molar-refractivity contribution in [1.82, 2.24) is 4.90 Å². The molecule has 0 rings (SSSR count). The fraction of sp³-hybridized carbons (Fsp3) is 1.00. The minimum atomic E-state index is 0. The topological polar surface area (TPSA) is 3.24 Å². The van der Waals surface area contributed by atoms with Gasteiger partial charge in [-0.15, -0.1) is 17.0 Å². The summed E-state index contributed by atoms with van der Waals surface area (Å²) in [5.74, 6) is 2.50. The average Bonchev–Trinajstić information content (AvgIpc) is 2.15. The number of hydrogen-bond acceptors (Lipinski definition) is 1. The smallest absolute Gasteiger partial charge is 0.00163 e. The van der Waals surface area contributed by atoms with Crippen molar-refractivity contribution in [3.8, 4) is 0 Å². The Balaban J connectivity index is 0. The Labute approximate surface area is 120 Å². The molecule has 0 aromatic rings. The van der Waals surface area contributed by atoms with E-state index in [9.17, 15) is 0 Å². The van der Waals surface area contributed by atoms with Crippen LogP contribution in [-0.2, 0) is 0 Å². The molecular formula is C15H34BrN. The van der Waals surface area contributed by atoms with Gasteiger partial charge in [-0.3, -0.25) is 0 Å². The van der Waals surface area contributed by atoms with Crippen LogP contribution >= 0.6 is 17.0 Å². The van der Waals surface area contributed by atoms with E-state index in [0.717, 1.165) is 17.8 Å². The lowest BCUT2D eigenvalue weighted by molar-refractivity contribution is 0.231. The van der Waals surface area contributed by atoms with E-state index >= 15 is 0 Å². The Kier molecular flexibility index (Phi) is 13.4. The fourth-order valence-electron chi connectivity index (χ4n) is 1.66. The SMILES string of the molecule is Br.CC(C)CCN(CCC(C)C)CCC(C)C. The number of hydrogen-bond donors (Lipinski definition) is 0. The van der Waals surface area contributed by atoms with E-state index in [1.165, 1.54) is 38.9 Å². The average molecular weight is 308 g/mol. The lowest BCUT2D eigenvalue weighted by Gasteiger charge is -2.24. The summed E-state index contributed by atoms with van der Waals surface area (Å²) in [6.45, 7) is 17.8. The van der Waals surface area contributed by atoms with Crippen molar-refractivity contribution in [2.24, 2.45) is 17.8 Å². The van der Waals surface area contributed by atoms with Crippen molar-refractivity contribution in [1.29, 1.82) is 0 Å². The number of halogens is 1. The maximum absolute atomic E-state index is 2.67. The minimum Gasteiger partial charge on any atom is -0.303 e. The van der Waals surface area contributed by atoms with E-state index < -0.39 is 0 Å². The highest BCUT2D eigenvalue weighted by atomic mass is 79.9. The third-order valence-corrected chi connectivity index (χ3v) is 3.07. The molecule has 0 unspecified atom stereocenters. The van der Waals surface area contributed by atoms with Crippen LogP contribution < -0.4 is 0 Å². The first kappa shape index (κ1) is 19.8. The van der Waals surface area contributed by atoms with Gasteiger partial charge in [0.2, 0.25) is 0 Å². The van der Waals surface area contributed by atoms with Crippen LogP contribution in [0.4, 0.5) is 0 Å². The molecule has 0 N–H and O–H groups in total. The zero-order chi connectivity index (χ0) is 12.6. The molecule has 17 heavy (non-hydrogen) atoms. The van der Waals surface area contributed by atoms with E-state index in [2.05, 4.69) is 46.4 Å². The van der Waals surface area contributed by atoms with E-state index in [1.807, 2.05) is 0 Å². The molecule has 0 atom stereocenters. The van der Waals surface area contributed by atoms with Crippen LogP contribution in [0.5, 0.6) is 0 Å². The Morgan fingerprint density at radius 2 is 0.824 bits per heavy atom. The summed E-state index contributed by atoms with van der Waals surface area (Å²) in [5, 5.41) is 0. The molecule has 0 heterocycles. The molecule has 1 nitrogen and oxygen atoms in total. The highest BCUT2D eigenvalue weighted by molar-refractivity contribution is 8.93. The van der Waals surface area contributed by atoms with Crippen LogP contribution in [0, 0.1) is 17.8 Å². The van der Waals surface area contributed by atoms with Gasteiger partial charge in [0.05, 0.1) is 0 Å². The number of nitrogens with zero attached hydrogens (tertiary/aromatic N) is 1. The molecule has 0 spiro atoms. The molecule has 0 saturated carbocycles. The monoisotopic (exact) mass is 307 g/mol. The molecule has 0 aromatic heterocycles. The van der Waals surface area contributed by atoms with Gasteiger partial charge in [0.15, 0.2) is 0 Å². The molecule has 2 heteroatoms. The highest BCUT2D eigenvalue weighted by Gasteiger charge is 2.08. The second-order valence-corrected chi connectivity index (χ2v) is 6.39. The summed E-state index contributed by atoms with van der Waals surface area (Å²) >= 11 is 0. The molecule has 0 bridgehead atoms. The molecule has 0 aliphatic rings. The van der Waals surface area contributed by atoms with Gasteiger partial charge in [0, 0.05) is 0 Å². The largest absolute Gasteiger partial charge is 0.303 e. The fourth-order valence-corrected chi connectivity index (χ4v) is 1.66. The lowest BCUT2D eigenvalue weighted by Crippen LogP contribution is -2.29. The first-order valence-corrected chi connectivity index (χ1v) is 7.14. The normalized spacial score (nSPS) is 11.6. The molecular weight excluding hydrogens is 274 g/mol. The zero-order valence-corrected chi connectivity index (χ0v) is 14.5. The van der Waals surface area contributed by atoms with Crippen molar-refractivity contribution in [2.75, 3.05) is 19.6 Å². The molecule has 106 valence electrons. The minimum absolute atomic E-state index is 0. The molecule has 0 aliphatic carbocycles. The Bertz CT molecular complexity index is 126. The quantitative estimate of drug-likeness (QED) is 0.579. The Morgan fingerprint density at radius 3 is 1.00 bits per heavy atom. The molecule has 0 aromatic carbocycles. The highest BCUT2D eigenvalue weighted by Crippen LogP contribution is 2.09. The Hall–Kier alpha value is 0.440. The van der Waals surface area contributed by atoms with E-state index in [0.29, 0.717) is 0 Å². The molecule has 0 radical (unpaired) electrons. The van der Waals surface area contributed by atoms with Crippen LogP contribution in [0.25, 0.3) is 0 Å². The summed E-state index contributed by atoms with van der Waals surface area (Å²) in [6, 6.07) is 0. The molecule has 0 saturated heterocycles. The van der Waals surface area contributed by atoms with Crippen molar-refractivity contribution in [2.45, 2.75) is 60.8 Å². The van der Waals surface area contributed by atoms with Crippen molar-refractivity contribution in [3.05, 3.63) is 0 Å². The van der Waals surface area contributed by atoms with E-state index in [1.54, 1.807) is 0 Å². The summed E-state index contributed by atoms with van der Waals surface area (Å²) in [7, 11) is 0. The predicted octanol–water partition coefficient (Wildman–Crippen LogP) is 5.00. The second-order valence-electron chi connectivity index (χ2n) is 6.39. The van der Waals surface area contributed by atoms with Gasteiger partial charge in [-0.2, -0.15) is 0 Å².